The number of nitrogens with zero attached hydrogens (tertiary/aromatic N) is 2. The van der Waals surface area contributed by atoms with Crippen molar-refractivity contribution < 1.29 is 9.13 Å². The van der Waals surface area contributed by atoms with Crippen molar-refractivity contribution in [2.75, 3.05) is 13.7 Å². The fourth-order valence-corrected chi connectivity index (χ4v) is 2.39. The third-order valence-corrected chi connectivity index (χ3v) is 3.33. The number of hydrogen-bond acceptors (Lipinski definition) is 3. The monoisotopic (exact) mass is 297 g/mol. The van der Waals surface area contributed by atoms with Crippen LogP contribution in [0.4, 0.5) is 4.39 Å². The first-order valence-electron chi connectivity index (χ1n) is 6.32. The van der Waals surface area contributed by atoms with Crippen molar-refractivity contribution in [1.82, 2.24) is 9.78 Å². The molecule has 2 N–H and O–H groups in total. The molecule has 0 aliphatic rings. The number of hydrogen-bond donors (Lipinski definition) is 1. The van der Waals surface area contributed by atoms with Gasteiger partial charge in [0.2, 0.25) is 0 Å². The minimum absolute atomic E-state index is 0.270. The number of rotatable bonds is 6. The molecule has 0 saturated heterocycles. The van der Waals surface area contributed by atoms with Gasteiger partial charge in [0.25, 0.3) is 0 Å². The van der Waals surface area contributed by atoms with Crippen LogP contribution in [0.5, 0.6) is 0 Å². The van der Waals surface area contributed by atoms with Crippen LogP contribution in [-0.2, 0) is 17.7 Å². The van der Waals surface area contributed by atoms with Gasteiger partial charge in [-0.15, -0.1) is 0 Å². The third-order valence-electron chi connectivity index (χ3n) is 3.04. The first kappa shape index (κ1) is 15.0. The molecule has 4 nitrogen and oxygen atoms in total. The van der Waals surface area contributed by atoms with Gasteiger partial charge < -0.3 is 10.5 Å². The summed E-state index contributed by atoms with van der Waals surface area (Å²) in [5.74, 6) is -0.270. The van der Waals surface area contributed by atoms with E-state index in [0.717, 1.165) is 11.3 Å². The summed E-state index contributed by atoms with van der Waals surface area (Å²) in [6.45, 7) is 1.10. The average molecular weight is 298 g/mol. The highest BCUT2D eigenvalue weighted by Gasteiger charge is 2.17. The Kier molecular flexibility index (Phi) is 5.11. The lowest BCUT2D eigenvalue weighted by atomic mass is 10.0. The molecule has 1 aromatic carbocycles. The van der Waals surface area contributed by atoms with Gasteiger partial charge in [0.15, 0.2) is 0 Å². The Morgan fingerprint density at radius 3 is 3.00 bits per heavy atom. The number of halogens is 2. The van der Waals surface area contributed by atoms with Gasteiger partial charge in [-0.3, -0.25) is 4.68 Å². The normalized spacial score (nSPS) is 12.6. The average Bonchev–Trinajstić information content (AvgIpc) is 2.77. The van der Waals surface area contributed by atoms with Crippen molar-refractivity contribution >= 4 is 11.6 Å². The maximum atomic E-state index is 13.2. The second kappa shape index (κ2) is 6.83. The van der Waals surface area contributed by atoms with Crippen molar-refractivity contribution in [3.05, 3.63) is 52.6 Å². The molecule has 0 radical (unpaired) electrons. The minimum Gasteiger partial charge on any atom is -0.383 e. The first-order chi connectivity index (χ1) is 9.61. The Hall–Kier alpha value is -1.43. The van der Waals surface area contributed by atoms with E-state index in [4.69, 9.17) is 22.1 Å². The second-order valence-corrected chi connectivity index (χ2v) is 4.94. The van der Waals surface area contributed by atoms with E-state index in [1.165, 1.54) is 12.1 Å². The predicted octanol–water partition coefficient (Wildman–Crippen LogP) is 2.56. The molecule has 1 heterocycles. The zero-order valence-electron chi connectivity index (χ0n) is 11.2. The summed E-state index contributed by atoms with van der Waals surface area (Å²) in [6.07, 6.45) is 2.06. The number of benzene rings is 1. The molecule has 20 heavy (non-hydrogen) atoms. The van der Waals surface area contributed by atoms with E-state index >= 15 is 0 Å². The van der Waals surface area contributed by atoms with Gasteiger partial charge in [0.1, 0.15) is 5.82 Å². The fraction of sp³-hybridized carbons (Fsp3) is 0.357. The Balaban J connectivity index is 2.16. The molecule has 0 bridgehead atoms. The van der Waals surface area contributed by atoms with Crippen LogP contribution < -0.4 is 5.73 Å². The van der Waals surface area contributed by atoms with Crippen LogP contribution in [0.15, 0.2) is 30.5 Å². The smallest absolute Gasteiger partial charge is 0.123 e. The predicted molar refractivity (Wildman–Crippen MR) is 76.1 cm³/mol. The van der Waals surface area contributed by atoms with Gasteiger partial charge >= 0.3 is 0 Å². The first-order valence-corrected chi connectivity index (χ1v) is 6.69. The molecule has 0 spiro atoms. The Bertz CT molecular complexity index is 573. The van der Waals surface area contributed by atoms with Crippen LogP contribution in [0.2, 0.25) is 5.02 Å². The van der Waals surface area contributed by atoms with Gasteiger partial charge in [-0.25, -0.2) is 4.39 Å². The topological polar surface area (TPSA) is 53.1 Å². The largest absolute Gasteiger partial charge is 0.383 e. The number of nitrogens with two attached hydrogens (primary N) is 1. The molecule has 0 aliphatic carbocycles. The number of methoxy groups -OCH3 is 1. The summed E-state index contributed by atoms with van der Waals surface area (Å²) in [6, 6.07) is 6.05. The van der Waals surface area contributed by atoms with E-state index in [-0.39, 0.29) is 11.9 Å². The van der Waals surface area contributed by atoms with E-state index in [1.807, 2.05) is 6.07 Å². The van der Waals surface area contributed by atoms with E-state index < -0.39 is 0 Å². The van der Waals surface area contributed by atoms with E-state index in [2.05, 4.69) is 5.10 Å². The van der Waals surface area contributed by atoms with Crippen molar-refractivity contribution in [1.29, 1.82) is 0 Å². The zero-order valence-corrected chi connectivity index (χ0v) is 12.0. The quantitative estimate of drug-likeness (QED) is 0.891. The van der Waals surface area contributed by atoms with Crippen LogP contribution in [0, 0.1) is 5.82 Å². The number of ether oxygens (including phenoxy) is 1. The van der Waals surface area contributed by atoms with Crippen LogP contribution >= 0.6 is 11.6 Å². The molecular weight excluding hydrogens is 281 g/mol. The van der Waals surface area contributed by atoms with Gasteiger partial charge in [-0.05, 0) is 24.1 Å². The molecule has 0 amide bonds. The van der Waals surface area contributed by atoms with Crippen molar-refractivity contribution in [2.24, 2.45) is 5.73 Å². The summed E-state index contributed by atoms with van der Waals surface area (Å²) < 4.78 is 19.9. The number of aromatic nitrogens is 2. The highest BCUT2D eigenvalue weighted by molar-refractivity contribution is 6.31. The maximum absolute atomic E-state index is 13.2. The second-order valence-electron chi connectivity index (χ2n) is 4.53. The molecule has 2 rings (SSSR count). The molecule has 0 aliphatic heterocycles. The maximum Gasteiger partial charge on any atom is 0.123 e. The lowest BCUT2D eigenvalue weighted by Crippen LogP contribution is -2.20. The summed E-state index contributed by atoms with van der Waals surface area (Å²) in [5.41, 5.74) is 7.76. The highest BCUT2D eigenvalue weighted by atomic mass is 35.5. The molecule has 108 valence electrons. The standard InChI is InChI=1S/C14H17ClFN3O/c1-20-6-5-19-14(12(15)9-18-19)13(17)8-10-3-2-4-11(16)7-10/h2-4,7,9,13H,5-6,8,17H2,1H3. The molecule has 1 unspecified atom stereocenters. The SMILES string of the molecule is COCCn1ncc(Cl)c1C(N)Cc1cccc(F)c1. The molecule has 1 atom stereocenters. The molecule has 2 aromatic rings. The minimum atomic E-state index is -0.344. The zero-order chi connectivity index (χ0) is 14.5. The summed E-state index contributed by atoms with van der Waals surface area (Å²) in [4.78, 5) is 0. The van der Waals surface area contributed by atoms with Gasteiger partial charge in [-0.2, -0.15) is 5.10 Å². The van der Waals surface area contributed by atoms with Gasteiger partial charge in [-0.1, -0.05) is 23.7 Å². The van der Waals surface area contributed by atoms with Crippen molar-refractivity contribution in [3.63, 3.8) is 0 Å². The van der Waals surface area contributed by atoms with Crippen LogP contribution in [0.1, 0.15) is 17.3 Å². The Morgan fingerprint density at radius 2 is 2.30 bits per heavy atom. The van der Waals surface area contributed by atoms with Gasteiger partial charge in [0, 0.05) is 7.11 Å². The Morgan fingerprint density at radius 1 is 1.50 bits per heavy atom. The van der Waals surface area contributed by atoms with Crippen molar-refractivity contribution in [2.45, 2.75) is 19.0 Å². The molecule has 0 fully saturated rings. The summed E-state index contributed by atoms with van der Waals surface area (Å²) in [5, 5.41) is 4.70. The summed E-state index contributed by atoms with van der Waals surface area (Å²) in [7, 11) is 1.62. The lowest BCUT2D eigenvalue weighted by Gasteiger charge is -2.15. The highest BCUT2D eigenvalue weighted by Crippen LogP contribution is 2.24. The molecule has 0 saturated carbocycles. The Labute approximate surface area is 122 Å². The summed E-state index contributed by atoms with van der Waals surface area (Å²) >= 11 is 6.14. The van der Waals surface area contributed by atoms with E-state index in [9.17, 15) is 4.39 Å². The molecule has 1 aromatic heterocycles. The molecular formula is C14H17ClFN3O. The van der Waals surface area contributed by atoms with Gasteiger partial charge in [0.05, 0.1) is 36.1 Å². The fourth-order valence-electron chi connectivity index (χ4n) is 2.11. The van der Waals surface area contributed by atoms with E-state index in [0.29, 0.717) is 24.6 Å². The van der Waals surface area contributed by atoms with Crippen LogP contribution in [0.3, 0.4) is 0 Å². The van der Waals surface area contributed by atoms with Crippen molar-refractivity contribution in [3.8, 4) is 0 Å². The third kappa shape index (κ3) is 3.56. The molecule has 6 heteroatoms. The van der Waals surface area contributed by atoms with Crippen LogP contribution in [-0.4, -0.2) is 23.5 Å². The van der Waals surface area contributed by atoms with Crippen LogP contribution in [0.25, 0.3) is 0 Å². The lowest BCUT2D eigenvalue weighted by molar-refractivity contribution is 0.182. The van der Waals surface area contributed by atoms with E-state index in [1.54, 1.807) is 24.1 Å².